The number of benzene rings is 4. The van der Waals surface area contributed by atoms with Gasteiger partial charge in [0.05, 0.1) is 5.69 Å². The van der Waals surface area contributed by atoms with Crippen LogP contribution in [0.4, 0.5) is 5.69 Å². The molecule has 5 rings (SSSR count). The highest BCUT2D eigenvalue weighted by molar-refractivity contribution is 5.74. The first-order valence-corrected chi connectivity index (χ1v) is 12.3. The molecular weight excluding hydrogens is 476 g/mol. The molecule has 180 valence electrons. The summed E-state index contributed by atoms with van der Waals surface area (Å²) in [7, 11) is -4.94. The van der Waals surface area contributed by atoms with Gasteiger partial charge in [-0.05, 0) is 47.5 Å². The van der Waals surface area contributed by atoms with E-state index in [2.05, 4.69) is 125 Å². The maximum Gasteiger partial charge on any atom is 0.244 e. The SMILES string of the molecule is [O-][Cl+3]([O-])([O-])[O-].c1ccc(N[n+]2c(-c3ccccc3)cc(-c3ccccc3)cc2-c2ccccc2)cc1. The van der Waals surface area contributed by atoms with E-state index in [-0.39, 0.29) is 0 Å². The fourth-order valence-electron chi connectivity index (χ4n) is 3.80. The van der Waals surface area contributed by atoms with Crippen LogP contribution in [0.25, 0.3) is 33.6 Å². The third-order valence-electron chi connectivity index (χ3n) is 5.33. The Bertz CT molecular complexity index is 1310. The number of pyridine rings is 1. The molecule has 7 heteroatoms. The van der Waals surface area contributed by atoms with E-state index in [0.29, 0.717) is 0 Å². The monoisotopic (exact) mass is 498 g/mol. The van der Waals surface area contributed by atoms with Crippen LogP contribution < -0.4 is 28.7 Å². The molecule has 0 radical (unpaired) electrons. The van der Waals surface area contributed by atoms with Crippen molar-refractivity contribution in [3.8, 4) is 33.6 Å². The van der Waals surface area contributed by atoms with Gasteiger partial charge in [0.15, 0.2) is 0 Å². The molecule has 4 aromatic carbocycles. The molecule has 1 N–H and O–H groups in total. The van der Waals surface area contributed by atoms with Gasteiger partial charge in [0.1, 0.15) is 0 Å². The van der Waals surface area contributed by atoms with Crippen molar-refractivity contribution in [2.45, 2.75) is 0 Å². The van der Waals surface area contributed by atoms with Crippen LogP contribution in [0.5, 0.6) is 0 Å². The van der Waals surface area contributed by atoms with E-state index < -0.39 is 10.2 Å². The lowest BCUT2D eigenvalue weighted by atomic mass is 9.99. The third-order valence-corrected chi connectivity index (χ3v) is 5.33. The summed E-state index contributed by atoms with van der Waals surface area (Å²) >= 11 is 0. The maximum absolute atomic E-state index is 8.49. The molecule has 0 unspecified atom stereocenters. The van der Waals surface area contributed by atoms with Crippen LogP contribution in [0, 0.1) is 10.2 Å². The van der Waals surface area contributed by atoms with Crippen molar-refractivity contribution in [3.05, 3.63) is 133 Å². The highest BCUT2D eigenvalue weighted by Crippen LogP contribution is 2.29. The van der Waals surface area contributed by atoms with Crippen molar-refractivity contribution >= 4 is 5.69 Å². The second kappa shape index (κ2) is 11.6. The lowest BCUT2D eigenvalue weighted by Gasteiger charge is -2.17. The normalized spacial score (nSPS) is 10.8. The molecule has 1 aromatic heterocycles. The van der Waals surface area contributed by atoms with E-state index >= 15 is 0 Å². The first kappa shape index (κ1) is 25.1. The number of halogens is 1. The van der Waals surface area contributed by atoms with E-state index in [1.165, 1.54) is 11.1 Å². The van der Waals surface area contributed by atoms with Crippen LogP contribution in [0.15, 0.2) is 133 Å². The molecule has 0 saturated heterocycles. The molecule has 6 nitrogen and oxygen atoms in total. The predicted molar refractivity (Wildman–Crippen MR) is 128 cm³/mol. The van der Waals surface area contributed by atoms with Crippen molar-refractivity contribution in [1.29, 1.82) is 0 Å². The average Bonchev–Trinajstić information content (AvgIpc) is 2.90. The Balaban J connectivity index is 0.000000556. The van der Waals surface area contributed by atoms with Gasteiger partial charge < -0.3 is 0 Å². The lowest BCUT2D eigenvalue weighted by Crippen LogP contribution is -2.68. The van der Waals surface area contributed by atoms with E-state index in [1.807, 2.05) is 18.2 Å². The number of nitrogens with zero attached hydrogens (tertiary/aromatic N) is 1. The molecule has 36 heavy (non-hydrogen) atoms. The minimum Gasteiger partial charge on any atom is -0.222 e. The molecular formula is C29H23ClN2O4. The zero-order chi connectivity index (χ0) is 25.4. The molecule has 0 saturated carbocycles. The van der Waals surface area contributed by atoms with Crippen LogP contribution in [-0.4, -0.2) is 0 Å². The first-order valence-electron chi connectivity index (χ1n) is 11.1. The van der Waals surface area contributed by atoms with Crippen LogP contribution in [-0.2, 0) is 0 Å². The van der Waals surface area contributed by atoms with Crippen molar-refractivity contribution in [2.24, 2.45) is 0 Å². The quantitative estimate of drug-likeness (QED) is 0.373. The van der Waals surface area contributed by atoms with Gasteiger partial charge >= 0.3 is 0 Å². The third kappa shape index (κ3) is 6.99. The summed E-state index contributed by atoms with van der Waals surface area (Å²) in [5.74, 6) is 0. The lowest BCUT2D eigenvalue weighted by molar-refractivity contribution is -2.00. The first-order chi connectivity index (χ1) is 17.4. The summed E-state index contributed by atoms with van der Waals surface area (Å²) in [5.41, 5.74) is 11.6. The van der Waals surface area contributed by atoms with Crippen LogP contribution in [0.3, 0.4) is 0 Å². The van der Waals surface area contributed by atoms with Crippen molar-refractivity contribution in [2.75, 3.05) is 5.43 Å². The standard InChI is InChI=1S/C29H23N2.ClHO4/c1-5-13-23(14-6-1)26-21-28(24-15-7-2-8-16-24)31(30-27-19-11-4-12-20-27)29(22-26)25-17-9-3-10-18-25;2-1(3,4)5/h1-22,30H;(H,2,3,4,5)/q+1;/p-1. The van der Waals surface area contributed by atoms with Crippen molar-refractivity contribution < 1.29 is 33.6 Å². The zero-order valence-electron chi connectivity index (χ0n) is 19.2. The number of aromatic nitrogens is 1. The Hall–Kier alpha value is -4.04. The molecule has 0 bridgehead atoms. The van der Waals surface area contributed by atoms with Gasteiger partial charge in [0, 0.05) is 23.3 Å². The van der Waals surface area contributed by atoms with Crippen LogP contribution in [0.2, 0.25) is 0 Å². The molecule has 0 aliphatic rings. The second-order valence-electron chi connectivity index (χ2n) is 7.80. The Kier molecular flexibility index (Phi) is 8.07. The summed E-state index contributed by atoms with van der Waals surface area (Å²) in [6.07, 6.45) is 0. The van der Waals surface area contributed by atoms with Crippen molar-refractivity contribution in [1.82, 2.24) is 0 Å². The molecule has 0 atom stereocenters. The Morgan fingerprint density at radius 2 is 0.778 bits per heavy atom. The minimum absolute atomic E-state index is 1.04. The highest BCUT2D eigenvalue weighted by atomic mass is 35.7. The van der Waals surface area contributed by atoms with Gasteiger partial charge in [-0.3, -0.25) is 0 Å². The van der Waals surface area contributed by atoms with E-state index in [1.54, 1.807) is 0 Å². The Morgan fingerprint density at radius 3 is 1.17 bits per heavy atom. The van der Waals surface area contributed by atoms with Gasteiger partial charge in [0.25, 0.3) is 0 Å². The van der Waals surface area contributed by atoms with Gasteiger partial charge in [0.2, 0.25) is 11.4 Å². The summed E-state index contributed by atoms with van der Waals surface area (Å²) in [6, 6.07) is 46.4. The largest absolute Gasteiger partial charge is 0.244 e. The Labute approximate surface area is 211 Å². The minimum atomic E-state index is -4.94. The fourth-order valence-corrected chi connectivity index (χ4v) is 3.80. The topological polar surface area (TPSA) is 108 Å². The van der Waals surface area contributed by atoms with Crippen molar-refractivity contribution in [3.63, 3.8) is 0 Å². The molecule has 0 amide bonds. The smallest absolute Gasteiger partial charge is 0.222 e. The maximum atomic E-state index is 8.49. The Morgan fingerprint density at radius 1 is 0.444 bits per heavy atom. The highest BCUT2D eigenvalue weighted by Gasteiger charge is 2.23. The number of hydrogen-bond acceptors (Lipinski definition) is 5. The fraction of sp³-hybridized carbons (Fsp3) is 0. The van der Waals surface area contributed by atoms with Gasteiger partial charge in [-0.15, -0.1) is 10.2 Å². The van der Waals surface area contributed by atoms with Gasteiger partial charge in [-0.25, -0.2) is 18.6 Å². The molecule has 0 spiro atoms. The molecule has 1 heterocycles. The zero-order valence-corrected chi connectivity index (χ0v) is 19.9. The van der Waals surface area contributed by atoms with Crippen LogP contribution in [0.1, 0.15) is 0 Å². The van der Waals surface area contributed by atoms with E-state index in [0.717, 1.165) is 28.2 Å². The summed E-state index contributed by atoms with van der Waals surface area (Å²) in [4.78, 5) is 0. The van der Waals surface area contributed by atoms with E-state index in [9.17, 15) is 0 Å². The van der Waals surface area contributed by atoms with Gasteiger partial charge in [-0.2, -0.15) is 5.43 Å². The summed E-state index contributed by atoms with van der Waals surface area (Å²) < 4.78 is 36.2. The average molecular weight is 499 g/mol. The number of nitrogens with one attached hydrogen (secondary N) is 1. The summed E-state index contributed by atoms with van der Waals surface area (Å²) in [6.45, 7) is 0. The van der Waals surface area contributed by atoms with Gasteiger partial charge in [-0.1, -0.05) is 89.6 Å². The number of rotatable bonds is 5. The molecule has 0 aliphatic carbocycles. The van der Waals surface area contributed by atoms with E-state index in [4.69, 9.17) is 18.6 Å². The molecule has 0 fully saturated rings. The molecule has 0 aliphatic heterocycles. The summed E-state index contributed by atoms with van der Waals surface area (Å²) in [5, 5.41) is 0. The molecule has 5 aromatic rings. The second-order valence-corrected chi connectivity index (χ2v) is 8.56. The number of hydrogen-bond donors (Lipinski definition) is 1. The predicted octanol–water partition coefficient (Wildman–Crippen LogP) is 2.09. The number of para-hydroxylation sites is 1. The number of anilines is 1. The van der Waals surface area contributed by atoms with Crippen LogP contribution >= 0.6 is 0 Å².